The number of pyridine rings is 1. The van der Waals surface area contributed by atoms with Crippen LogP contribution in [0.3, 0.4) is 0 Å². The Morgan fingerprint density at radius 1 is 1.14 bits per heavy atom. The molecule has 2 heterocycles. The van der Waals surface area contributed by atoms with Crippen molar-refractivity contribution in [2.45, 2.75) is 38.0 Å². The molecule has 7 nitrogen and oxygen atoms in total. The zero-order valence-corrected chi connectivity index (χ0v) is 18.1. The number of benzene rings is 1. The van der Waals surface area contributed by atoms with Gasteiger partial charge in [0.25, 0.3) is 10.0 Å². The molecule has 29 heavy (non-hydrogen) atoms. The van der Waals surface area contributed by atoms with Crippen molar-refractivity contribution in [3.8, 4) is 11.6 Å². The Hall–Kier alpha value is -2.32. The van der Waals surface area contributed by atoms with Crippen LogP contribution in [0.1, 0.15) is 31.5 Å². The average molecular weight is 420 g/mol. The first-order valence-electron chi connectivity index (χ1n) is 10.0. The van der Waals surface area contributed by atoms with E-state index < -0.39 is 10.0 Å². The third-order valence-electron chi connectivity index (χ3n) is 4.94. The molecular formula is C21H29N3O4S. The highest BCUT2D eigenvalue weighted by atomic mass is 32.2. The first-order valence-corrected chi connectivity index (χ1v) is 11.5. The van der Waals surface area contributed by atoms with Crippen LogP contribution in [0.2, 0.25) is 0 Å². The van der Waals surface area contributed by atoms with Crippen LogP contribution in [0, 0.1) is 0 Å². The number of fused-ring (bicyclic) bond motifs is 1. The Labute approximate surface area is 173 Å². The lowest BCUT2D eigenvalue weighted by atomic mass is 10.1. The van der Waals surface area contributed by atoms with Gasteiger partial charge in [-0.15, -0.1) is 0 Å². The second-order valence-corrected chi connectivity index (χ2v) is 8.68. The van der Waals surface area contributed by atoms with E-state index in [4.69, 9.17) is 9.47 Å². The summed E-state index contributed by atoms with van der Waals surface area (Å²) in [5.74, 6) is 0.926. The molecule has 1 aromatic heterocycles. The summed E-state index contributed by atoms with van der Waals surface area (Å²) in [6.07, 6.45) is 2.78. The molecule has 0 amide bonds. The summed E-state index contributed by atoms with van der Waals surface area (Å²) in [7, 11) is -2.27. The van der Waals surface area contributed by atoms with Gasteiger partial charge < -0.3 is 14.4 Å². The van der Waals surface area contributed by atoms with Crippen molar-refractivity contribution in [3.05, 3.63) is 41.6 Å². The number of rotatable bonds is 8. The number of nitrogens with one attached hydrogen (secondary N) is 1. The molecule has 158 valence electrons. The first kappa shape index (κ1) is 21.4. The van der Waals surface area contributed by atoms with Gasteiger partial charge in [0.2, 0.25) is 5.88 Å². The molecule has 0 saturated carbocycles. The van der Waals surface area contributed by atoms with Crippen molar-refractivity contribution in [1.29, 1.82) is 0 Å². The van der Waals surface area contributed by atoms with E-state index in [-0.39, 0.29) is 4.90 Å². The minimum absolute atomic E-state index is 0.159. The second kappa shape index (κ2) is 9.45. The molecule has 0 bridgehead atoms. The van der Waals surface area contributed by atoms with E-state index in [1.165, 1.54) is 19.2 Å². The minimum Gasteiger partial charge on any atom is -0.494 e. The van der Waals surface area contributed by atoms with Crippen molar-refractivity contribution >= 4 is 15.7 Å². The van der Waals surface area contributed by atoms with Gasteiger partial charge in [0.05, 0.1) is 18.6 Å². The van der Waals surface area contributed by atoms with E-state index in [9.17, 15) is 8.42 Å². The molecule has 2 aromatic rings. The van der Waals surface area contributed by atoms with Gasteiger partial charge in [-0.05, 0) is 62.2 Å². The first-order chi connectivity index (χ1) is 14.0. The molecule has 8 heteroatoms. The van der Waals surface area contributed by atoms with Gasteiger partial charge in [0, 0.05) is 25.2 Å². The van der Waals surface area contributed by atoms with E-state index in [1.807, 2.05) is 13.0 Å². The number of nitrogens with zero attached hydrogens (tertiary/aromatic N) is 2. The van der Waals surface area contributed by atoms with E-state index in [1.54, 1.807) is 12.1 Å². The van der Waals surface area contributed by atoms with Crippen molar-refractivity contribution < 1.29 is 17.9 Å². The predicted octanol–water partition coefficient (Wildman–Crippen LogP) is 3.10. The predicted molar refractivity (Wildman–Crippen MR) is 113 cm³/mol. The van der Waals surface area contributed by atoms with Crippen LogP contribution >= 0.6 is 0 Å². The quantitative estimate of drug-likeness (QED) is 0.708. The topological polar surface area (TPSA) is 80.8 Å². The van der Waals surface area contributed by atoms with Crippen LogP contribution in [-0.4, -0.2) is 51.7 Å². The van der Waals surface area contributed by atoms with Crippen LogP contribution in [0.4, 0.5) is 5.69 Å². The average Bonchev–Trinajstić information content (AvgIpc) is 2.90. The van der Waals surface area contributed by atoms with Crippen LogP contribution in [0.5, 0.6) is 11.6 Å². The molecule has 0 atom stereocenters. The molecule has 0 unspecified atom stereocenters. The summed E-state index contributed by atoms with van der Waals surface area (Å²) in [6, 6.07) is 8.21. The summed E-state index contributed by atoms with van der Waals surface area (Å²) in [5, 5.41) is 0. The highest BCUT2D eigenvalue weighted by Gasteiger charge is 2.22. The highest BCUT2D eigenvalue weighted by Crippen LogP contribution is 2.29. The number of ether oxygens (including phenoxy) is 2. The number of methoxy groups -OCH3 is 1. The summed E-state index contributed by atoms with van der Waals surface area (Å²) < 4.78 is 39.1. The maximum atomic E-state index is 12.9. The molecule has 1 aliphatic heterocycles. The fraction of sp³-hybridized carbons (Fsp3) is 0.476. The van der Waals surface area contributed by atoms with Crippen LogP contribution in [0.15, 0.2) is 35.2 Å². The fourth-order valence-electron chi connectivity index (χ4n) is 3.52. The van der Waals surface area contributed by atoms with E-state index in [2.05, 4.69) is 21.5 Å². The van der Waals surface area contributed by atoms with E-state index in [0.717, 1.165) is 50.2 Å². The summed E-state index contributed by atoms with van der Waals surface area (Å²) >= 11 is 0. The zero-order chi connectivity index (χ0) is 20.9. The Morgan fingerprint density at radius 2 is 1.86 bits per heavy atom. The normalized spacial score (nSPS) is 14.7. The van der Waals surface area contributed by atoms with Gasteiger partial charge in [0.1, 0.15) is 11.4 Å². The fourth-order valence-corrected chi connectivity index (χ4v) is 4.56. The second-order valence-electron chi connectivity index (χ2n) is 7.00. The van der Waals surface area contributed by atoms with Gasteiger partial charge in [-0.25, -0.2) is 13.4 Å². The molecule has 1 aromatic carbocycles. The SMILES string of the molecule is CCCN1CCc2cc(NS(=O)(=O)c3ccc(OCC)cc3)c(OC)nc2CC1. The molecule has 1 N–H and O–H groups in total. The number of sulfonamides is 1. The Kier molecular flexibility index (Phi) is 6.97. The Balaban J connectivity index is 1.85. The smallest absolute Gasteiger partial charge is 0.262 e. The zero-order valence-electron chi connectivity index (χ0n) is 17.3. The highest BCUT2D eigenvalue weighted by molar-refractivity contribution is 7.92. The van der Waals surface area contributed by atoms with E-state index in [0.29, 0.717) is 23.9 Å². The summed E-state index contributed by atoms with van der Waals surface area (Å²) in [6.45, 7) is 7.53. The molecule has 0 spiro atoms. The van der Waals surface area contributed by atoms with Gasteiger partial charge in [-0.3, -0.25) is 4.72 Å². The third kappa shape index (κ3) is 5.19. The van der Waals surface area contributed by atoms with Crippen LogP contribution < -0.4 is 14.2 Å². The van der Waals surface area contributed by atoms with Gasteiger partial charge in [-0.1, -0.05) is 6.92 Å². The molecular weight excluding hydrogens is 390 g/mol. The number of anilines is 1. The van der Waals surface area contributed by atoms with Gasteiger partial charge in [-0.2, -0.15) is 0 Å². The van der Waals surface area contributed by atoms with Crippen molar-refractivity contribution in [1.82, 2.24) is 9.88 Å². The number of aromatic nitrogens is 1. The number of hydrogen-bond donors (Lipinski definition) is 1. The lowest BCUT2D eigenvalue weighted by molar-refractivity contribution is 0.287. The maximum absolute atomic E-state index is 12.9. The Morgan fingerprint density at radius 3 is 2.52 bits per heavy atom. The molecule has 0 radical (unpaired) electrons. The molecule has 0 aliphatic carbocycles. The Bertz CT molecular complexity index is 930. The van der Waals surface area contributed by atoms with Gasteiger partial charge >= 0.3 is 0 Å². The molecule has 3 rings (SSSR count). The molecule has 1 aliphatic rings. The van der Waals surface area contributed by atoms with Crippen LogP contribution in [0.25, 0.3) is 0 Å². The lowest BCUT2D eigenvalue weighted by Crippen LogP contribution is -2.27. The maximum Gasteiger partial charge on any atom is 0.262 e. The van der Waals surface area contributed by atoms with Gasteiger partial charge in [0.15, 0.2) is 0 Å². The summed E-state index contributed by atoms with van der Waals surface area (Å²) in [4.78, 5) is 7.18. The monoisotopic (exact) mass is 419 g/mol. The molecule has 0 saturated heterocycles. The third-order valence-corrected chi connectivity index (χ3v) is 6.32. The van der Waals surface area contributed by atoms with Crippen molar-refractivity contribution in [2.75, 3.05) is 38.1 Å². The number of hydrogen-bond acceptors (Lipinski definition) is 6. The lowest BCUT2D eigenvalue weighted by Gasteiger charge is -2.17. The minimum atomic E-state index is -3.77. The largest absolute Gasteiger partial charge is 0.494 e. The summed E-state index contributed by atoms with van der Waals surface area (Å²) in [5.41, 5.74) is 2.40. The van der Waals surface area contributed by atoms with Crippen molar-refractivity contribution in [3.63, 3.8) is 0 Å². The van der Waals surface area contributed by atoms with E-state index >= 15 is 0 Å². The van der Waals surface area contributed by atoms with Crippen LogP contribution in [-0.2, 0) is 22.9 Å². The standard InChI is InChI=1S/C21H29N3O4S/c1-4-12-24-13-10-16-15-20(21(27-3)22-19(16)11-14-24)23-29(25,26)18-8-6-17(7-9-18)28-5-2/h6-9,15,23H,4-5,10-14H2,1-3H3. The van der Waals surface area contributed by atoms with Crippen molar-refractivity contribution in [2.24, 2.45) is 0 Å². The molecule has 0 fully saturated rings.